The molecule has 16 heavy (non-hydrogen) atoms. The number of nitrogens with zero attached hydrogens (tertiary/aromatic N) is 5. The standard InChI is InChI=1S/C9H12N6O/c1-14-3-2-11-9(14)8(16)6-15-5-7(4-10)12-13-15/h2-3,5H,4,6,10H2,1H3. The van der Waals surface area contributed by atoms with Crippen LogP contribution in [0, 0.1) is 0 Å². The van der Waals surface area contributed by atoms with Crippen molar-refractivity contribution in [3.63, 3.8) is 0 Å². The number of rotatable bonds is 4. The van der Waals surface area contributed by atoms with Crippen molar-refractivity contribution in [2.75, 3.05) is 0 Å². The van der Waals surface area contributed by atoms with E-state index in [1.165, 1.54) is 4.68 Å². The molecule has 7 heteroatoms. The fourth-order valence-corrected chi connectivity index (χ4v) is 1.36. The predicted molar refractivity (Wildman–Crippen MR) is 55.5 cm³/mol. The summed E-state index contributed by atoms with van der Waals surface area (Å²) in [6, 6.07) is 0. The Bertz CT molecular complexity index is 500. The number of hydrogen-bond acceptors (Lipinski definition) is 5. The fraction of sp³-hybridized carbons (Fsp3) is 0.333. The summed E-state index contributed by atoms with van der Waals surface area (Å²) >= 11 is 0. The van der Waals surface area contributed by atoms with Crippen LogP contribution in [0.25, 0.3) is 0 Å². The van der Waals surface area contributed by atoms with Gasteiger partial charge in [-0.2, -0.15) is 0 Å². The number of carbonyl (C=O) groups is 1. The minimum Gasteiger partial charge on any atom is -0.332 e. The average Bonchev–Trinajstić information content (AvgIpc) is 2.86. The van der Waals surface area contributed by atoms with Gasteiger partial charge in [0.05, 0.1) is 11.9 Å². The summed E-state index contributed by atoms with van der Waals surface area (Å²) in [5.41, 5.74) is 6.06. The van der Waals surface area contributed by atoms with Crippen molar-refractivity contribution < 1.29 is 4.79 Å². The lowest BCUT2D eigenvalue weighted by Gasteiger charge is -2.00. The lowest BCUT2D eigenvalue weighted by atomic mass is 10.3. The Kier molecular flexibility index (Phi) is 2.78. The van der Waals surface area contributed by atoms with Crippen molar-refractivity contribution in [3.8, 4) is 0 Å². The van der Waals surface area contributed by atoms with Gasteiger partial charge >= 0.3 is 0 Å². The van der Waals surface area contributed by atoms with Crippen LogP contribution in [0.4, 0.5) is 0 Å². The summed E-state index contributed by atoms with van der Waals surface area (Å²) in [4.78, 5) is 15.8. The second-order valence-electron chi connectivity index (χ2n) is 3.40. The van der Waals surface area contributed by atoms with Crippen molar-refractivity contribution in [2.24, 2.45) is 12.8 Å². The molecule has 2 aromatic heterocycles. The molecule has 0 aromatic carbocycles. The molecule has 0 amide bonds. The van der Waals surface area contributed by atoms with E-state index in [0.29, 0.717) is 18.1 Å². The Morgan fingerprint density at radius 1 is 1.56 bits per heavy atom. The first kappa shape index (κ1) is 10.5. The highest BCUT2D eigenvalue weighted by molar-refractivity contribution is 5.92. The molecule has 2 aromatic rings. The highest BCUT2D eigenvalue weighted by atomic mass is 16.1. The van der Waals surface area contributed by atoms with E-state index in [4.69, 9.17) is 5.73 Å². The van der Waals surface area contributed by atoms with E-state index >= 15 is 0 Å². The average molecular weight is 220 g/mol. The first-order chi connectivity index (χ1) is 7.70. The lowest BCUT2D eigenvalue weighted by Crippen LogP contribution is -2.15. The number of ketones is 1. The lowest BCUT2D eigenvalue weighted by molar-refractivity contribution is 0.0954. The Morgan fingerprint density at radius 3 is 2.94 bits per heavy atom. The monoisotopic (exact) mass is 220 g/mol. The van der Waals surface area contributed by atoms with Crippen LogP contribution in [0.2, 0.25) is 0 Å². The number of aryl methyl sites for hydroxylation is 1. The summed E-state index contributed by atoms with van der Waals surface area (Å²) in [5, 5.41) is 7.60. The number of hydrogen-bond donors (Lipinski definition) is 1. The molecule has 0 aliphatic heterocycles. The van der Waals surface area contributed by atoms with E-state index in [1.54, 1.807) is 30.2 Å². The van der Waals surface area contributed by atoms with Crippen LogP contribution >= 0.6 is 0 Å². The third kappa shape index (κ3) is 1.98. The molecule has 0 saturated heterocycles. The molecule has 0 fully saturated rings. The molecule has 0 radical (unpaired) electrons. The maximum absolute atomic E-state index is 11.8. The van der Waals surface area contributed by atoms with Crippen molar-refractivity contribution in [2.45, 2.75) is 13.1 Å². The third-order valence-corrected chi connectivity index (χ3v) is 2.17. The van der Waals surface area contributed by atoms with Crippen LogP contribution in [-0.4, -0.2) is 30.3 Å². The highest BCUT2D eigenvalue weighted by Gasteiger charge is 2.12. The molecule has 0 aliphatic carbocycles. The largest absolute Gasteiger partial charge is 0.332 e. The van der Waals surface area contributed by atoms with Crippen molar-refractivity contribution in [1.82, 2.24) is 24.5 Å². The summed E-state index contributed by atoms with van der Waals surface area (Å²) < 4.78 is 3.13. The van der Waals surface area contributed by atoms with Crippen LogP contribution < -0.4 is 5.73 Å². The summed E-state index contributed by atoms with van der Waals surface area (Å²) in [6.45, 7) is 0.439. The van der Waals surface area contributed by atoms with Gasteiger partial charge in [-0.3, -0.25) is 4.79 Å². The molecule has 2 N–H and O–H groups in total. The van der Waals surface area contributed by atoms with Gasteiger partial charge in [-0.25, -0.2) is 9.67 Å². The molecule has 0 saturated carbocycles. The number of aromatic nitrogens is 5. The van der Waals surface area contributed by atoms with Crippen LogP contribution in [0.1, 0.15) is 16.3 Å². The van der Waals surface area contributed by atoms with E-state index in [9.17, 15) is 4.79 Å². The van der Waals surface area contributed by atoms with Gasteiger partial charge in [-0.1, -0.05) is 5.21 Å². The molecule has 0 unspecified atom stereocenters. The Labute approximate surface area is 91.9 Å². The molecule has 84 valence electrons. The van der Waals surface area contributed by atoms with Crippen molar-refractivity contribution in [3.05, 3.63) is 30.1 Å². The van der Waals surface area contributed by atoms with Gasteiger partial charge in [-0.05, 0) is 0 Å². The van der Waals surface area contributed by atoms with Crippen molar-refractivity contribution >= 4 is 5.78 Å². The Hall–Kier alpha value is -2.02. The normalized spacial score (nSPS) is 10.6. The summed E-state index contributed by atoms with van der Waals surface area (Å²) in [5.74, 6) is 0.297. The number of imidazole rings is 1. The molecular weight excluding hydrogens is 208 g/mol. The van der Waals surface area contributed by atoms with Gasteiger partial charge < -0.3 is 10.3 Å². The van der Waals surface area contributed by atoms with E-state index in [0.717, 1.165) is 0 Å². The maximum Gasteiger partial charge on any atom is 0.219 e. The quantitative estimate of drug-likeness (QED) is 0.691. The molecule has 0 spiro atoms. The fourth-order valence-electron chi connectivity index (χ4n) is 1.36. The van der Waals surface area contributed by atoms with Gasteiger partial charge in [-0.15, -0.1) is 5.10 Å². The summed E-state index contributed by atoms with van der Waals surface area (Å²) in [6.07, 6.45) is 4.96. The molecule has 0 bridgehead atoms. The minimum absolute atomic E-state index is 0.110. The van der Waals surface area contributed by atoms with Crippen LogP contribution in [0.3, 0.4) is 0 Å². The second-order valence-corrected chi connectivity index (χ2v) is 3.40. The molecule has 7 nitrogen and oxygen atoms in total. The SMILES string of the molecule is Cn1ccnc1C(=O)Cn1cc(CN)nn1. The molecule has 0 aliphatic rings. The van der Waals surface area contributed by atoms with E-state index in [-0.39, 0.29) is 12.3 Å². The Morgan fingerprint density at radius 2 is 2.38 bits per heavy atom. The minimum atomic E-state index is -0.110. The van der Waals surface area contributed by atoms with Gasteiger partial charge in [0.15, 0.2) is 5.82 Å². The molecule has 2 heterocycles. The van der Waals surface area contributed by atoms with Crippen LogP contribution in [0.5, 0.6) is 0 Å². The first-order valence-electron chi connectivity index (χ1n) is 4.80. The second kappa shape index (κ2) is 4.23. The van der Waals surface area contributed by atoms with Crippen molar-refractivity contribution in [1.29, 1.82) is 0 Å². The van der Waals surface area contributed by atoms with Gasteiger partial charge in [0.1, 0.15) is 6.54 Å². The zero-order chi connectivity index (χ0) is 11.5. The molecule has 0 atom stereocenters. The number of carbonyl (C=O) groups excluding carboxylic acids is 1. The van der Waals surface area contributed by atoms with E-state index < -0.39 is 0 Å². The molecular formula is C9H12N6O. The smallest absolute Gasteiger partial charge is 0.219 e. The zero-order valence-electron chi connectivity index (χ0n) is 8.87. The van der Waals surface area contributed by atoms with Crippen LogP contribution in [0.15, 0.2) is 18.6 Å². The number of Topliss-reactive ketones (excluding diaryl/α,β-unsaturated/α-hetero) is 1. The number of nitrogens with two attached hydrogens (primary N) is 1. The Balaban J connectivity index is 2.11. The highest BCUT2D eigenvalue weighted by Crippen LogP contribution is 1.99. The van der Waals surface area contributed by atoms with Gasteiger partial charge in [0, 0.05) is 26.0 Å². The van der Waals surface area contributed by atoms with Gasteiger partial charge in [0.2, 0.25) is 5.78 Å². The predicted octanol–water partition coefficient (Wildman–Crippen LogP) is -0.647. The topological polar surface area (TPSA) is 91.6 Å². The van der Waals surface area contributed by atoms with E-state index in [2.05, 4.69) is 15.3 Å². The first-order valence-corrected chi connectivity index (χ1v) is 4.80. The third-order valence-electron chi connectivity index (χ3n) is 2.17. The van der Waals surface area contributed by atoms with Crippen LogP contribution in [-0.2, 0) is 20.1 Å². The molecule has 2 rings (SSSR count). The maximum atomic E-state index is 11.8. The van der Waals surface area contributed by atoms with E-state index in [1.807, 2.05) is 0 Å². The van der Waals surface area contributed by atoms with Gasteiger partial charge in [0.25, 0.3) is 0 Å². The zero-order valence-corrected chi connectivity index (χ0v) is 8.87. The summed E-state index contributed by atoms with van der Waals surface area (Å²) in [7, 11) is 1.77.